The van der Waals surface area contributed by atoms with E-state index in [0.29, 0.717) is 29.7 Å². The van der Waals surface area contributed by atoms with Gasteiger partial charge in [0.15, 0.2) is 0 Å². The van der Waals surface area contributed by atoms with Gasteiger partial charge in [0.25, 0.3) is 0 Å². The van der Waals surface area contributed by atoms with Crippen molar-refractivity contribution < 1.29 is 9.13 Å². The van der Waals surface area contributed by atoms with Crippen molar-refractivity contribution in [2.24, 2.45) is 11.8 Å². The van der Waals surface area contributed by atoms with Crippen molar-refractivity contribution in [3.8, 4) is 5.88 Å². The van der Waals surface area contributed by atoms with E-state index in [1.165, 1.54) is 18.9 Å². The molecule has 1 aliphatic carbocycles. The quantitative estimate of drug-likeness (QED) is 0.635. The molecule has 2 aromatic heterocycles. The number of hydrogen-bond donors (Lipinski definition) is 1. The highest BCUT2D eigenvalue weighted by molar-refractivity contribution is 5.59. The number of aryl methyl sites for hydroxylation is 1. The van der Waals surface area contributed by atoms with E-state index < -0.39 is 0 Å². The first kappa shape index (κ1) is 20.2. The number of ether oxygens (including phenoxy) is 1. The van der Waals surface area contributed by atoms with E-state index in [0.717, 1.165) is 50.1 Å². The maximum atomic E-state index is 13.8. The Kier molecular flexibility index (Phi) is 5.00. The molecule has 3 aromatic rings. The maximum absolute atomic E-state index is 13.8. The van der Waals surface area contributed by atoms with Crippen molar-refractivity contribution in [1.29, 1.82) is 0 Å². The molecule has 2 bridgehead atoms. The van der Waals surface area contributed by atoms with E-state index in [9.17, 15) is 4.39 Å². The fraction of sp³-hybridized carbons (Fsp3) is 0.478. The topological polar surface area (TPSA) is 84.2 Å². The zero-order valence-corrected chi connectivity index (χ0v) is 18.6. The Labute approximate surface area is 191 Å². The van der Waals surface area contributed by atoms with E-state index in [1.807, 2.05) is 21.7 Å². The summed E-state index contributed by atoms with van der Waals surface area (Å²) in [7, 11) is 1.62. The first-order valence-corrected chi connectivity index (χ1v) is 11.5. The molecule has 3 atom stereocenters. The normalized spacial score (nSPS) is 24.0. The number of rotatable bonds is 5. The monoisotopic (exact) mass is 450 g/mol. The van der Waals surface area contributed by atoms with E-state index in [-0.39, 0.29) is 5.82 Å². The molecule has 1 N–H and O–H groups in total. The van der Waals surface area contributed by atoms with E-state index in [4.69, 9.17) is 14.8 Å². The molecule has 0 amide bonds. The van der Waals surface area contributed by atoms with Crippen LogP contribution in [0.2, 0.25) is 0 Å². The Hall–Kier alpha value is -3.43. The van der Waals surface area contributed by atoms with Crippen LogP contribution in [0.1, 0.15) is 19.3 Å². The lowest BCUT2D eigenvalue weighted by molar-refractivity contribution is 0.372. The van der Waals surface area contributed by atoms with Crippen molar-refractivity contribution in [3.63, 3.8) is 0 Å². The number of halogens is 1. The number of anilines is 4. The van der Waals surface area contributed by atoms with Gasteiger partial charge in [-0.3, -0.25) is 0 Å². The summed E-state index contributed by atoms with van der Waals surface area (Å²) in [6, 6.07) is 8.90. The van der Waals surface area contributed by atoms with Crippen molar-refractivity contribution in [3.05, 3.63) is 42.5 Å². The highest BCUT2D eigenvalue weighted by Crippen LogP contribution is 2.40. The van der Waals surface area contributed by atoms with E-state index >= 15 is 0 Å². The van der Waals surface area contributed by atoms with Crippen LogP contribution in [0, 0.1) is 17.7 Å². The molecule has 6 rings (SSSR count). The Balaban J connectivity index is 1.19. The molecule has 33 heavy (non-hydrogen) atoms. The summed E-state index contributed by atoms with van der Waals surface area (Å²) < 4.78 is 21.0. The molecule has 172 valence electrons. The predicted molar refractivity (Wildman–Crippen MR) is 122 cm³/mol. The number of aromatic nitrogens is 5. The smallest absolute Gasteiger partial charge is 0.244 e. The Morgan fingerprint density at radius 3 is 2.73 bits per heavy atom. The van der Waals surface area contributed by atoms with E-state index in [1.54, 1.807) is 25.6 Å². The third-order valence-corrected chi connectivity index (χ3v) is 7.06. The number of piperidine rings is 1. The molecule has 0 radical (unpaired) electrons. The first-order valence-electron chi connectivity index (χ1n) is 11.5. The van der Waals surface area contributed by atoms with Gasteiger partial charge in [-0.1, -0.05) is 6.07 Å². The van der Waals surface area contributed by atoms with E-state index in [2.05, 4.69) is 20.2 Å². The average molecular weight is 451 g/mol. The molecule has 2 aliphatic heterocycles. The van der Waals surface area contributed by atoms with Gasteiger partial charge in [-0.25, -0.2) is 19.0 Å². The zero-order chi connectivity index (χ0) is 22.4. The van der Waals surface area contributed by atoms with Gasteiger partial charge in [0.2, 0.25) is 17.8 Å². The minimum atomic E-state index is -0.243. The molecule has 2 fully saturated rings. The lowest BCUT2D eigenvalue weighted by atomic mass is 9.92. The Morgan fingerprint density at radius 2 is 1.94 bits per heavy atom. The van der Waals surface area contributed by atoms with Gasteiger partial charge in [0.1, 0.15) is 18.0 Å². The van der Waals surface area contributed by atoms with Crippen LogP contribution in [0.3, 0.4) is 0 Å². The van der Waals surface area contributed by atoms with Crippen molar-refractivity contribution in [1.82, 2.24) is 24.7 Å². The number of fused-ring (bicyclic) bond motifs is 3. The van der Waals surface area contributed by atoms with Crippen LogP contribution < -0.4 is 19.9 Å². The number of nitrogens with one attached hydrogen (secondary N) is 1. The van der Waals surface area contributed by atoms with Crippen molar-refractivity contribution >= 4 is 23.4 Å². The summed E-state index contributed by atoms with van der Waals surface area (Å²) in [6.07, 6.45) is 4.84. The molecule has 9 nitrogen and oxygen atoms in total. The SMILES string of the molecule is COc1cc(N2CC3CC[C@@H](C2)[C@@H]3Nc2nc3n(n2)CCCN3c2cccc(F)c2)ncn1. The van der Waals surface area contributed by atoms with Crippen LogP contribution in [0.4, 0.5) is 27.8 Å². The van der Waals surface area contributed by atoms with Gasteiger partial charge >= 0.3 is 0 Å². The Bertz CT molecular complexity index is 1140. The second kappa shape index (κ2) is 8.17. The zero-order valence-electron chi connectivity index (χ0n) is 18.6. The molecule has 1 saturated heterocycles. The van der Waals surface area contributed by atoms with Crippen LogP contribution in [-0.4, -0.2) is 57.5 Å². The minimum Gasteiger partial charge on any atom is -0.481 e. The fourth-order valence-corrected chi connectivity index (χ4v) is 5.52. The van der Waals surface area contributed by atoms with Gasteiger partial charge in [0, 0.05) is 44.0 Å². The molecule has 0 spiro atoms. The summed E-state index contributed by atoms with van der Waals surface area (Å²) in [6.45, 7) is 3.47. The van der Waals surface area contributed by atoms with Gasteiger partial charge in [0.05, 0.1) is 7.11 Å². The van der Waals surface area contributed by atoms with Crippen molar-refractivity contribution in [2.75, 3.05) is 41.9 Å². The molecule has 1 saturated carbocycles. The maximum Gasteiger partial charge on any atom is 0.244 e. The predicted octanol–water partition coefficient (Wildman–Crippen LogP) is 3.08. The standard InChI is InChI=1S/C23H27FN8O/c1-33-20-11-19(25-14-26-20)30-12-15-6-7-16(13-30)21(15)27-22-28-23-31(8-3-9-32(23)29-22)18-5-2-4-17(24)10-18/h2,4-5,10-11,14-16,21H,3,6-9,12-13H2,1H3,(H,27,29)/t15-,16?,21-/m0/s1. The second-order valence-corrected chi connectivity index (χ2v) is 9.03. The summed E-state index contributed by atoms with van der Waals surface area (Å²) in [5, 5.41) is 8.40. The number of hydrogen-bond acceptors (Lipinski definition) is 8. The number of methoxy groups -OCH3 is 1. The number of nitrogens with zero attached hydrogens (tertiary/aromatic N) is 7. The fourth-order valence-electron chi connectivity index (χ4n) is 5.52. The summed E-state index contributed by atoms with van der Waals surface area (Å²) in [5.74, 6) is 3.67. The van der Waals surface area contributed by atoms with Crippen LogP contribution >= 0.6 is 0 Å². The molecular weight excluding hydrogens is 423 g/mol. The highest BCUT2D eigenvalue weighted by Gasteiger charge is 2.43. The first-order chi connectivity index (χ1) is 16.2. The number of benzene rings is 1. The van der Waals surface area contributed by atoms with Gasteiger partial charge < -0.3 is 19.9 Å². The van der Waals surface area contributed by atoms with Gasteiger partial charge in [-0.15, -0.1) is 5.10 Å². The largest absolute Gasteiger partial charge is 0.481 e. The average Bonchev–Trinajstić information content (AvgIpc) is 3.34. The molecule has 1 unspecified atom stereocenters. The lowest BCUT2D eigenvalue weighted by Gasteiger charge is -2.38. The molecule has 4 heterocycles. The van der Waals surface area contributed by atoms with Crippen LogP contribution in [0.5, 0.6) is 5.88 Å². The summed E-state index contributed by atoms with van der Waals surface area (Å²) in [5.41, 5.74) is 0.809. The highest BCUT2D eigenvalue weighted by atomic mass is 19.1. The van der Waals surface area contributed by atoms with Crippen LogP contribution in [0.15, 0.2) is 36.7 Å². The third kappa shape index (κ3) is 3.73. The van der Waals surface area contributed by atoms with Crippen LogP contribution in [0.25, 0.3) is 0 Å². The third-order valence-electron chi connectivity index (χ3n) is 7.06. The lowest BCUT2D eigenvalue weighted by Crippen LogP contribution is -2.48. The van der Waals surface area contributed by atoms with Crippen LogP contribution in [-0.2, 0) is 6.54 Å². The molecule has 10 heteroatoms. The molecule has 1 aromatic carbocycles. The van der Waals surface area contributed by atoms with Gasteiger partial charge in [-0.2, -0.15) is 4.98 Å². The molecule has 3 aliphatic rings. The second-order valence-electron chi connectivity index (χ2n) is 9.03. The summed E-state index contributed by atoms with van der Waals surface area (Å²) >= 11 is 0. The Morgan fingerprint density at radius 1 is 1.09 bits per heavy atom. The minimum absolute atomic E-state index is 0.243. The van der Waals surface area contributed by atoms with Crippen molar-refractivity contribution in [2.45, 2.75) is 31.8 Å². The summed E-state index contributed by atoms with van der Waals surface area (Å²) in [4.78, 5) is 17.8. The molecular formula is C23H27FN8O. The van der Waals surface area contributed by atoms with Gasteiger partial charge in [-0.05, 0) is 49.3 Å².